The van der Waals surface area contributed by atoms with Crippen LogP contribution in [0.5, 0.6) is 0 Å². The monoisotopic (exact) mass is 299 g/mol. The highest BCUT2D eigenvalue weighted by molar-refractivity contribution is 6.02. The Morgan fingerprint density at radius 1 is 1.29 bits per heavy atom. The van der Waals surface area contributed by atoms with Gasteiger partial charge in [-0.3, -0.25) is 20.2 Å². The maximum absolute atomic E-state index is 12.5. The van der Waals surface area contributed by atoms with Gasteiger partial charge in [-0.2, -0.15) is 13.2 Å². The van der Waals surface area contributed by atoms with Gasteiger partial charge < -0.3 is 0 Å². The van der Waals surface area contributed by atoms with Crippen molar-refractivity contribution in [2.24, 2.45) is 4.99 Å². The third kappa shape index (κ3) is 3.74. The van der Waals surface area contributed by atoms with Crippen LogP contribution in [0, 0.1) is 0 Å². The van der Waals surface area contributed by atoms with Gasteiger partial charge >= 0.3 is 6.18 Å². The van der Waals surface area contributed by atoms with Crippen LogP contribution in [0.3, 0.4) is 0 Å². The van der Waals surface area contributed by atoms with Gasteiger partial charge in [0.05, 0.1) is 5.56 Å². The van der Waals surface area contributed by atoms with Crippen LogP contribution in [0.2, 0.25) is 0 Å². The van der Waals surface area contributed by atoms with E-state index in [9.17, 15) is 18.0 Å². The topological polar surface area (TPSA) is 44.7 Å². The third-order valence-corrected chi connectivity index (χ3v) is 3.14. The largest absolute Gasteiger partial charge is 0.416 e. The molecule has 0 fully saturated rings. The van der Waals surface area contributed by atoms with Gasteiger partial charge in [0.25, 0.3) is 5.91 Å². The molecule has 1 aliphatic rings. The fraction of sp³-hybridized carbons (Fsp3) is 0.429. The average Bonchev–Trinajstić information content (AvgIpc) is 2.46. The van der Waals surface area contributed by atoms with Crippen molar-refractivity contribution in [2.75, 3.05) is 13.1 Å². The molecule has 0 radical (unpaired) electrons. The molecule has 1 N–H and O–H groups in total. The van der Waals surface area contributed by atoms with E-state index in [1.165, 1.54) is 17.1 Å². The van der Waals surface area contributed by atoms with Crippen molar-refractivity contribution in [3.63, 3.8) is 0 Å². The number of nitrogens with zero attached hydrogens (tertiary/aromatic N) is 2. The molecule has 21 heavy (non-hydrogen) atoms. The van der Waals surface area contributed by atoms with Crippen molar-refractivity contribution in [1.82, 2.24) is 10.4 Å². The summed E-state index contributed by atoms with van der Waals surface area (Å²) < 4.78 is 37.5. The number of hydrogen-bond donors (Lipinski definition) is 1. The number of benzene rings is 1. The van der Waals surface area contributed by atoms with Crippen LogP contribution in [-0.2, 0) is 11.0 Å². The number of carbonyl (C=O) groups is 1. The molecular formula is C14H16F3N3O. The van der Waals surface area contributed by atoms with Gasteiger partial charge in [0.1, 0.15) is 12.4 Å². The average molecular weight is 299 g/mol. The standard InChI is InChI=1S/C14H16F3N3O/c1-2-3-8-20-12(21)9-18-13(19-20)10-4-6-11(7-5-10)14(15,16)17/h4-7H,2-3,8-9H2,1H3,(H,18,19). The van der Waals surface area contributed by atoms with E-state index in [1.807, 2.05) is 6.92 Å². The van der Waals surface area contributed by atoms with Crippen LogP contribution in [0.15, 0.2) is 29.3 Å². The SMILES string of the molecule is CCCCN1NC(c2ccc(C(F)(F)F)cc2)=NCC1=O. The minimum absolute atomic E-state index is 0.00701. The third-order valence-electron chi connectivity index (χ3n) is 3.14. The predicted molar refractivity (Wildman–Crippen MR) is 72.6 cm³/mol. The molecule has 2 rings (SSSR count). The molecule has 1 aromatic rings. The molecule has 0 spiro atoms. The van der Waals surface area contributed by atoms with Gasteiger partial charge in [-0.25, -0.2) is 0 Å². The van der Waals surface area contributed by atoms with Crippen LogP contribution in [0.1, 0.15) is 30.9 Å². The number of alkyl halides is 3. The lowest BCUT2D eigenvalue weighted by Gasteiger charge is -2.28. The molecule has 0 saturated heterocycles. The number of amides is 1. The lowest BCUT2D eigenvalue weighted by molar-refractivity contribution is -0.137. The minimum Gasteiger partial charge on any atom is -0.279 e. The molecule has 1 aliphatic heterocycles. The van der Waals surface area contributed by atoms with Crippen LogP contribution in [0.25, 0.3) is 0 Å². The summed E-state index contributed by atoms with van der Waals surface area (Å²) >= 11 is 0. The second-order valence-corrected chi connectivity index (χ2v) is 4.75. The summed E-state index contributed by atoms with van der Waals surface area (Å²) in [6.45, 7) is 2.57. The van der Waals surface area contributed by atoms with E-state index >= 15 is 0 Å². The zero-order chi connectivity index (χ0) is 15.5. The normalized spacial score (nSPS) is 15.7. The number of aliphatic imine (C=N–C) groups is 1. The summed E-state index contributed by atoms with van der Waals surface area (Å²) in [4.78, 5) is 15.7. The van der Waals surface area contributed by atoms with Gasteiger partial charge in [-0.15, -0.1) is 0 Å². The van der Waals surface area contributed by atoms with E-state index in [-0.39, 0.29) is 12.5 Å². The summed E-state index contributed by atoms with van der Waals surface area (Å²) in [6, 6.07) is 4.71. The fourth-order valence-electron chi connectivity index (χ4n) is 1.93. The highest BCUT2D eigenvalue weighted by Crippen LogP contribution is 2.29. The first-order valence-electron chi connectivity index (χ1n) is 6.71. The van der Waals surface area contributed by atoms with Crippen LogP contribution < -0.4 is 5.43 Å². The molecule has 1 amide bonds. The zero-order valence-corrected chi connectivity index (χ0v) is 11.6. The Morgan fingerprint density at radius 2 is 1.95 bits per heavy atom. The maximum atomic E-state index is 12.5. The lowest BCUT2D eigenvalue weighted by Crippen LogP contribution is -2.51. The Bertz CT molecular complexity index is 537. The van der Waals surface area contributed by atoms with Crippen molar-refractivity contribution in [3.05, 3.63) is 35.4 Å². The second kappa shape index (κ2) is 6.15. The van der Waals surface area contributed by atoms with Gasteiger partial charge in [0.15, 0.2) is 0 Å². The highest BCUT2D eigenvalue weighted by atomic mass is 19.4. The molecule has 1 heterocycles. The van der Waals surface area contributed by atoms with Crippen molar-refractivity contribution in [2.45, 2.75) is 25.9 Å². The summed E-state index contributed by atoms with van der Waals surface area (Å²) in [5.74, 6) is 0.276. The molecule has 7 heteroatoms. The Balaban J connectivity index is 2.13. The number of nitrogens with one attached hydrogen (secondary N) is 1. The summed E-state index contributed by atoms with van der Waals surface area (Å²) in [5, 5.41) is 1.46. The molecule has 0 unspecified atom stereocenters. The highest BCUT2D eigenvalue weighted by Gasteiger charge is 2.30. The first kappa shape index (κ1) is 15.3. The number of carbonyl (C=O) groups excluding carboxylic acids is 1. The Labute approximate surface area is 120 Å². The first-order valence-corrected chi connectivity index (χ1v) is 6.71. The first-order chi connectivity index (χ1) is 9.91. The number of hydrazine groups is 1. The number of hydrogen-bond acceptors (Lipinski definition) is 3. The maximum Gasteiger partial charge on any atom is 0.416 e. The molecule has 0 aromatic heterocycles. The van der Waals surface area contributed by atoms with Gasteiger partial charge in [-0.05, 0) is 18.6 Å². The van der Waals surface area contributed by atoms with Crippen molar-refractivity contribution in [1.29, 1.82) is 0 Å². The Morgan fingerprint density at radius 3 is 2.52 bits per heavy atom. The summed E-state index contributed by atoms with van der Waals surface area (Å²) in [5.41, 5.74) is 2.68. The second-order valence-electron chi connectivity index (χ2n) is 4.75. The predicted octanol–water partition coefficient (Wildman–Crippen LogP) is 2.60. The van der Waals surface area contributed by atoms with Crippen molar-refractivity contribution >= 4 is 11.7 Å². The molecule has 0 saturated carbocycles. The molecule has 114 valence electrons. The molecule has 0 aliphatic carbocycles. The van der Waals surface area contributed by atoms with Gasteiger partial charge in [0.2, 0.25) is 0 Å². The number of halogens is 3. The fourth-order valence-corrected chi connectivity index (χ4v) is 1.93. The lowest BCUT2D eigenvalue weighted by atomic mass is 10.1. The number of rotatable bonds is 4. The van der Waals surface area contributed by atoms with Gasteiger partial charge in [0, 0.05) is 12.1 Å². The Kier molecular flexibility index (Phi) is 4.50. The van der Waals surface area contributed by atoms with Gasteiger partial charge in [-0.1, -0.05) is 25.5 Å². The van der Waals surface area contributed by atoms with Crippen LogP contribution in [-0.4, -0.2) is 29.8 Å². The van der Waals surface area contributed by atoms with E-state index in [0.29, 0.717) is 17.9 Å². The zero-order valence-electron chi connectivity index (χ0n) is 11.6. The molecule has 1 aromatic carbocycles. The van der Waals surface area contributed by atoms with Crippen molar-refractivity contribution in [3.8, 4) is 0 Å². The molecule has 0 atom stereocenters. The Hall–Kier alpha value is -2.05. The molecule has 4 nitrogen and oxygen atoms in total. The molecule has 0 bridgehead atoms. The van der Waals surface area contributed by atoms with Crippen molar-refractivity contribution < 1.29 is 18.0 Å². The molecular weight excluding hydrogens is 283 g/mol. The minimum atomic E-state index is -4.36. The quantitative estimate of drug-likeness (QED) is 0.929. The van der Waals surface area contributed by atoms with E-state index in [0.717, 1.165) is 25.0 Å². The number of amidine groups is 1. The summed E-state index contributed by atoms with van der Waals surface area (Å²) in [6.07, 6.45) is -2.57. The van der Waals surface area contributed by atoms with Crippen LogP contribution in [0.4, 0.5) is 13.2 Å². The van der Waals surface area contributed by atoms with Crippen LogP contribution >= 0.6 is 0 Å². The smallest absolute Gasteiger partial charge is 0.279 e. The van der Waals surface area contributed by atoms with E-state index in [2.05, 4.69) is 10.4 Å². The summed E-state index contributed by atoms with van der Waals surface area (Å²) in [7, 11) is 0. The number of unbranched alkanes of at least 4 members (excludes halogenated alkanes) is 1. The van der Waals surface area contributed by atoms with E-state index in [1.54, 1.807) is 0 Å². The van der Waals surface area contributed by atoms with E-state index in [4.69, 9.17) is 0 Å². The van der Waals surface area contributed by atoms with E-state index < -0.39 is 11.7 Å².